The summed E-state index contributed by atoms with van der Waals surface area (Å²) in [5.74, 6) is 0.0912. The van der Waals surface area contributed by atoms with Gasteiger partial charge in [-0.3, -0.25) is 4.79 Å². The van der Waals surface area contributed by atoms with E-state index in [2.05, 4.69) is 4.98 Å². The van der Waals surface area contributed by atoms with Gasteiger partial charge in [-0.1, -0.05) is 44.0 Å². The fourth-order valence-corrected chi connectivity index (χ4v) is 1.15. The Morgan fingerprint density at radius 2 is 2.07 bits per heavy atom. The predicted molar refractivity (Wildman–Crippen MR) is 56.7 cm³/mol. The van der Waals surface area contributed by atoms with Crippen molar-refractivity contribution >= 4 is 29.0 Å². The van der Waals surface area contributed by atoms with Crippen LogP contribution in [0.3, 0.4) is 0 Å². The molecule has 1 aromatic heterocycles. The van der Waals surface area contributed by atoms with E-state index in [-0.39, 0.29) is 22.9 Å². The normalized spacial score (nSPS) is 11.8. The van der Waals surface area contributed by atoms with Crippen LogP contribution in [0, 0.1) is 5.41 Å². The molecule has 0 radical (unpaired) electrons. The Labute approximate surface area is 93.0 Å². The fourth-order valence-electron chi connectivity index (χ4n) is 0.845. The predicted octanol–water partition coefficient (Wildman–Crippen LogP) is 2.81. The van der Waals surface area contributed by atoms with Crippen molar-refractivity contribution in [3.63, 3.8) is 0 Å². The molecule has 0 aliphatic carbocycles. The monoisotopic (exact) mass is 234 g/mol. The summed E-state index contributed by atoms with van der Waals surface area (Å²) in [6.45, 7) is 5.80. The molecule has 5 heteroatoms. The molecular formula is C9H12Cl2N2O. The quantitative estimate of drug-likeness (QED) is 0.789. The highest BCUT2D eigenvalue weighted by molar-refractivity contribution is 6.40. The third-order valence-electron chi connectivity index (χ3n) is 1.88. The van der Waals surface area contributed by atoms with Crippen LogP contribution in [0.5, 0.6) is 0 Å². The first-order valence-corrected chi connectivity index (χ1v) is 4.97. The molecule has 0 bridgehead atoms. The third kappa shape index (κ3) is 2.49. The van der Waals surface area contributed by atoms with Crippen LogP contribution in [0.25, 0.3) is 0 Å². The van der Waals surface area contributed by atoms with E-state index in [1.807, 2.05) is 20.8 Å². The molecule has 0 fully saturated rings. The van der Waals surface area contributed by atoms with Gasteiger partial charge in [-0.2, -0.15) is 0 Å². The van der Waals surface area contributed by atoms with Crippen LogP contribution in [0.4, 0.5) is 0 Å². The Bertz CT molecular complexity index is 352. The molecule has 0 aromatic carbocycles. The van der Waals surface area contributed by atoms with Gasteiger partial charge in [-0.25, -0.2) is 4.98 Å². The van der Waals surface area contributed by atoms with Gasteiger partial charge in [-0.05, 0) is 0 Å². The second-order valence-electron chi connectivity index (χ2n) is 4.13. The lowest BCUT2D eigenvalue weighted by Crippen LogP contribution is -2.24. The lowest BCUT2D eigenvalue weighted by atomic mass is 9.91. The van der Waals surface area contributed by atoms with Crippen LogP contribution in [-0.2, 0) is 11.3 Å². The SMILES string of the molecule is CC(C)(C)C(=O)Cn1cnc(Cl)c1Cl. The average Bonchev–Trinajstić information content (AvgIpc) is 2.34. The van der Waals surface area contributed by atoms with E-state index in [0.29, 0.717) is 5.15 Å². The highest BCUT2D eigenvalue weighted by atomic mass is 35.5. The Kier molecular flexibility index (Phi) is 3.22. The van der Waals surface area contributed by atoms with Gasteiger partial charge in [0.2, 0.25) is 0 Å². The molecule has 0 atom stereocenters. The first-order valence-electron chi connectivity index (χ1n) is 4.22. The first-order chi connectivity index (χ1) is 6.32. The van der Waals surface area contributed by atoms with Gasteiger partial charge in [0.15, 0.2) is 10.9 Å². The van der Waals surface area contributed by atoms with Gasteiger partial charge in [0.1, 0.15) is 5.15 Å². The molecule has 1 heterocycles. The summed E-state index contributed by atoms with van der Waals surface area (Å²) >= 11 is 11.5. The highest BCUT2D eigenvalue weighted by Crippen LogP contribution is 2.22. The molecule has 78 valence electrons. The van der Waals surface area contributed by atoms with Crippen LogP contribution in [0.2, 0.25) is 10.3 Å². The summed E-state index contributed by atoms with van der Waals surface area (Å²) in [5.41, 5.74) is -0.375. The van der Waals surface area contributed by atoms with Gasteiger partial charge >= 0.3 is 0 Å². The molecule has 0 saturated heterocycles. The van der Waals surface area contributed by atoms with E-state index in [1.54, 1.807) is 0 Å². The number of Topliss-reactive ketones (excluding diaryl/α,β-unsaturated/α-hetero) is 1. The Morgan fingerprint density at radius 1 is 1.50 bits per heavy atom. The summed E-state index contributed by atoms with van der Waals surface area (Å²) in [7, 11) is 0. The number of halogens is 2. The van der Waals surface area contributed by atoms with Crippen LogP contribution in [-0.4, -0.2) is 15.3 Å². The molecule has 0 aliphatic heterocycles. The Balaban J connectivity index is 2.80. The number of ketones is 1. The molecule has 0 amide bonds. The molecule has 0 N–H and O–H groups in total. The van der Waals surface area contributed by atoms with E-state index in [9.17, 15) is 4.79 Å². The number of aromatic nitrogens is 2. The summed E-state index contributed by atoms with van der Waals surface area (Å²) in [6, 6.07) is 0. The van der Waals surface area contributed by atoms with Crippen LogP contribution >= 0.6 is 23.2 Å². The maximum atomic E-state index is 11.6. The van der Waals surface area contributed by atoms with Gasteiger partial charge in [0.25, 0.3) is 0 Å². The second-order valence-corrected chi connectivity index (χ2v) is 4.84. The van der Waals surface area contributed by atoms with Crippen molar-refractivity contribution in [2.45, 2.75) is 27.3 Å². The zero-order chi connectivity index (χ0) is 10.9. The zero-order valence-corrected chi connectivity index (χ0v) is 9.85. The molecule has 0 unspecified atom stereocenters. The number of carbonyl (C=O) groups excluding carboxylic acids is 1. The molecule has 0 spiro atoms. The van der Waals surface area contributed by atoms with E-state index in [4.69, 9.17) is 23.2 Å². The van der Waals surface area contributed by atoms with Crippen molar-refractivity contribution in [1.29, 1.82) is 0 Å². The molecule has 3 nitrogen and oxygen atoms in total. The number of nitrogens with zero attached hydrogens (tertiary/aromatic N) is 2. The van der Waals surface area contributed by atoms with Gasteiger partial charge in [-0.15, -0.1) is 0 Å². The molecule has 1 rings (SSSR count). The van der Waals surface area contributed by atoms with Crippen LogP contribution in [0.15, 0.2) is 6.33 Å². The molecule has 0 saturated carbocycles. The van der Waals surface area contributed by atoms with Crippen molar-refractivity contribution in [2.75, 3.05) is 0 Å². The first kappa shape index (κ1) is 11.5. The second kappa shape index (κ2) is 3.91. The standard InChI is InChI=1S/C9H12Cl2N2O/c1-9(2,3)6(14)4-13-5-12-7(10)8(13)11/h5H,4H2,1-3H3. The number of hydrogen-bond acceptors (Lipinski definition) is 2. The summed E-state index contributed by atoms with van der Waals surface area (Å²) in [5, 5.41) is 0.539. The molecule has 0 aliphatic rings. The van der Waals surface area contributed by atoms with Crippen molar-refractivity contribution < 1.29 is 4.79 Å². The zero-order valence-electron chi connectivity index (χ0n) is 8.34. The number of imidazole rings is 1. The van der Waals surface area contributed by atoms with Gasteiger partial charge in [0, 0.05) is 5.41 Å². The van der Waals surface area contributed by atoms with Crippen molar-refractivity contribution in [3.05, 3.63) is 16.6 Å². The van der Waals surface area contributed by atoms with Crippen molar-refractivity contribution in [2.24, 2.45) is 5.41 Å². The van der Waals surface area contributed by atoms with Crippen molar-refractivity contribution in [3.8, 4) is 0 Å². The van der Waals surface area contributed by atoms with Crippen LogP contribution < -0.4 is 0 Å². The minimum atomic E-state index is -0.375. The Hall–Kier alpha value is -0.540. The Morgan fingerprint density at radius 3 is 2.43 bits per heavy atom. The van der Waals surface area contributed by atoms with Crippen LogP contribution in [0.1, 0.15) is 20.8 Å². The van der Waals surface area contributed by atoms with Gasteiger partial charge in [0.05, 0.1) is 12.9 Å². The third-order valence-corrected chi connectivity index (χ3v) is 2.65. The van der Waals surface area contributed by atoms with E-state index >= 15 is 0 Å². The minimum absolute atomic E-state index is 0.0912. The van der Waals surface area contributed by atoms with E-state index in [1.165, 1.54) is 10.9 Å². The van der Waals surface area contributed by atoms with Crippen molar-refractivity contribution in [1.82, 2.24) is 9.55 Å². The summed E-state index contributed by atoms with van der Waals surface area (Å²) in [4.78, 5) is 15.4. The highest BCUT2D eigenvalue weighted by Gasteiger charge is 2.22. The van der Waals surface area contributed by atoms with E-state index < -0.39 is 0 Å². The summed E-state index contributed by atoms with van der Waals surface area (Å²) in [6.07, 6.45) is 1.47. The maximum Gasteiger partial charge on any atom is 0.166 e. The van der Waals surface area contributed by atoms with Gasteiger partial charge < -0.3 is 4.57 Å². The topological polar surface area (TPSA) is 34.9 Å². The molecular weight excluding hydrogens is 223 g/mol. The molecule has 1 aromatic rings. The fraction of sp³-hybridized carbons (Fsp3) is 0.556. The summed E-state index contributed by atoms with van der Waals surface area (Å²) < 4.78 is 1.54. The largest absolute Gasteiger partial charge is 0.313 e. The maximum absolute atomic E-state index is 11.6. The number of rotatable bonds is 2. The number of carbonyl (C=O) groups is 1. The lowest BCUT2D eigenvalue weighted by Gasteiger charge is -2.16. The van der Waals surface area contributed by atoms with E-state index in [0.717, 1.165) is 0 Å². The molecule has 14 heavy (non-hydrogen) atoms. The number of hydrogen-bond donors (Lipinski definition) is 0. The lowest BCUT2D eigenvalue weighted by molar-refractivity contribution is -0.126. The smallest absolute Gasteiger partial charge is 0.166 e. The average molecular weight is 235 g/mol. The minimum Gasteiger partial charge on any atom is -0.313 e.